The van der Waals surface area contributed by atoms with Crippen molar-refractivity contribution < 1.29 is 14.3 Å². The van der Waals surface area contributed by atoms with E-state index in [1.54, 1.807) is 25.5 Å². The van der Waals surface area contributed by atoms with Gasteiger partial charge in [-0.05, 0) is 40.5 Å². The molecule has 0 spiro atoms. The summed E-state index contributed by atoms with van der Waals surface area (Å²) in [7, 11) is 5.50. The van der Waals surface area contributed by atoms with E-state index >= 15 is 0 Å². The molecule has 30 heavy (non-hydrogen) atoms. The molecule has 0 radical (unpaired) electrons. The number of aromatic nitrogens is 1. The van der Waals surface area contributed by atoms with Gasteiger partial charge in [-0.15, -0.1) is 35.3 Å². The third kappa shape index (κ3) is 12.0. The average molecular weight is 555 g/mol. The SMILES string of the molecule is CN=C(NCCCCCCC(=O)OC(C)(C)C)N(C)Cc1csc(C(C)OC)n1.I. The fourth-order valence-corrected chi connectivity index (χ4v) is 3.57. The fourth-order valence-electron chi connectivity index (χ4n) is 2.73. The summed E-state index contributed by atoms with van der Waals surface area (Å²) >= 11 is 1.62. The number of thiazole rings is 1. The number of hydrogen-bond donors (Lipinski definition) is 1. The molecule has 0 aliphatic heterocycles. The summed E-state index contributed by atoms with van der Waals surface area (Å²) in [5.74, 6) is 0.746. The van der Waals surface area contributed by atoms with Crippen LogP contribution >= 0.6 is 35.3 Å². The van der Waals surface area contributed by atoms with Gasteiger partial charge < -0.3 is 19.7 Å². The minimum absolute atomic E-state index is 0. The standard InChI is InChI=1S/C21H38N4O3S.HI/c1-16(27-7)19-24-17(15-29-19)14-25(6)20(22-5)23-13-11-9-8-10-12-18(26)28-21(2,3)4;/h15-16H,8-14H2,1-7H3,(H,22,23);1H. The minimum atomic E-state index is -0.398. The summed E-state index contributed by atoms with van der Waals surface area (Å²) in [6.07, 6.45) is 4.51. The van der Waals surface area contributed by atoms with Crippen molar-refractivity contribution in [1.82, 2.24) is 15.2 Å². The monoisotopic (exact) mass is 554 g/mol. The van der Waals surface area contributed by atoms with E-state index in [0.29, 0.717) is 13.0 Å². The zero-order valence-corrected chi connectivity index (χ0v) is 22.6. The van der Waals surface area contributed by atoms with E-state index in [9.17, 15) is 4.79 Å². The molecule has 1 rings (SSSR count). The van der Waals surface area contributed by atoms with Gasteiger partial charge in [0, 0.05) is 39.6 Å². The van der Waals surface area contributed by atoms with E-state index < -0.39 is 5.60 Å². The van der Waals surface area contributed by atoms with Crippen LogP contribution in [-0.2, 0) is 20.8 Å². The Balaban J connectivity index is 0.00000841. The molecule has 0 aliphatic rings. The number of nitrogens with one attached hydrogen (secondary N) is 1. The number of unbranched alkanes of at least 4 members (excludes halogenated alkanes) is 3. The van der Waals surface area contributed by atoms with E-state index in [1.165, 1.54) is 0 Å². The van der Waals surface area contributed by atoms with Crippen LogP contribution in [0.4, 0.5) is 0 Å². The zero-order chi connectivity index (χ0) is 21.9. The Morgan fingerprint density at radius 3 is 2.57 bits per heavy atom. The number of carbonyl (C=O) groups excluding carboxylic acids is 1. The van der Waals surface area contributed by atoms with Crippen LogP contribution in [0.5, 0.6) is 0 Å². The van der Waals surface area contributed by atoms with Crippen molar-refractivity contribution in [2.45, 2.75) is 78.0 Å². The first-order chi connectivity index (χ1) is 13.7. The second-order valence-electron chi connectivity index (χ2n) is 8.14. The Labute approximate surface area is 203 Å². The normalized spacial score (nSPS) is 12.8. The third-order valence-electron chi connectivity index (χ3n) is 4.25. The molecule has 1 aromatic rings. The lowest BCUT2D eigenvalue weighted by Crippen LogP contribution is -2.38. The molecule has 1 heterocycles. The Kier molecular flexibility index (Phi) is 14.5. The quantitative estimate of drug-likeness (QED) is 0.140. The molecule has 174 valence electrons. The van der Waals surface area contributed by atoms with Gasteiger partial charge in [0.2, 0.25) is 0 Å². The lowest BCUT2D eigenvalue weighted by molar-refractivity contribution is -0.154. The highest BCUT2D eigenvalue weighted by Crippen LogP contribution is 2.20. The van der Waals surface area contributed by atoms with Crippen molar-refractivity contribution in [1.29, 1.82) is 0 Å². The number of nitrogens with zero attached hydrogens (tertiary/aromatic N) is 3. The Morgan fingerprint density at radius 1 is 1.30 bits per heavy atom. The maximum Gasteiger partial charge on any atom is 0.306 e. The molecule has 0 amide bonds. The van der Waals surface area contributed by atoms with Crippen LogP contribution in [0.1, 0.15) is 76.6 Å². The van der Waals surface area contributed by atoms with Crippen molar-refractivity contribution in [2.75, 3.05) is 27.7 Å². The van der Waals surface area contributed by atoms with E-state index in [2.05, 4.69) is 25.6 Å². The highest BCUT2D eigenvalue weighted by Gasteiger charge is 2.15. The van der Waals surface area contributed by atoms with Crippen LogP contribution in [0.3, 0.4) is 0 Å². The molecule has 0 fully saturated rings. The van der Waals surface area contributed by atoms with Crippen LogP contribution < -0.4 is 5.32 Å². The van der Waals surface area contributed by atoms with Crippen molar-refractivity contribution >= 4 is 47.2 Å². The topological polar surface area (TPSA) is 76.0 Å². The Bertz CT molecular complexity index is 646. The number of aliphatic imine (C=N–C) groups is 1. The van der Waals surface area contributed by atoms with Gasteiger partial charge in [0.15, 0.2) is 5.96 Å². The summed E-state index contributed by atoms with van der Waals surface area (Å²) in [5, 5.41) is 6.46. The second kappa shape index (κ2) is 15.0. The van der Waals surface area contributed by atoms with Gasteiger partial charge in [-0.1, -0.05) is 12.8 Å². The van der Waals surface area contributed by atoms with Crippen molar-refractivity contribution in [3.8, 4) is 0 Å². The van der Waals surface area contributed by atoms with Gasteiger partial charge in [0.05, 0.1) is 12.2 Å². The highest BCUT2D eigenvalue weighted by molar-refractivity contribution is 14.0. The van der Waals surface area contributed by atoms with E-state index in [1.807, 2.05) is 34.7 Å². The predicted octanol–water partition coefficient (Wildman–Crippen LogP) is 4.77. The van der Waals surface area contributed by atoms with E-state index in [0.717, 1.165) is 48.9 Å². The van der Waals surface area contributed by atoms with Crippen molar-refractivity contribution in [3.05, 3.63) is 16.1 Å². The van der Waals surface area contributed by atoms with Crippen LogP contribution in [0.25, 0.3) is 0 Å². The maximum absolute atomic E-state index is 11.7. The molecule has 0 bridgehead atoms. The van der Waals surface area contributed by atoms with Crippen molar-refractivity contribution in [3.63, 3.8) is 0 Å². The minimum Gasteiger partial charge on any atom is -0.460 e. The molecule has 9 heteroatoms. The predicted molar refractivity (Wildman–Crippen MR) is 135 cm³/mol. The van der Waals surface area contributed by atoms with Crippen LogP contribution in [0, 0.1) is 0 Å². The van der Waals surface area contributed by atoms with Crippen molar-refractivity contribution in [2.24, 2.45) is 4.99 Å². The van der Waals surface area contributed by atoms with Crippen LogP contribution in [-0.4, -0.2) is 55.2 Å². The number of guanidine groups is 1. The van der Waals surface area contributed by atoms with Gasteiger partial charge in [0.1, 0.15) is 16.7 Å². The average Bonchev–Trinajstić information content (AvgIpc) is 3.10. The zero-order valence-electron chi connectivity index (χ0n) is 19.5. The smallest absolute Gasteiger partial charge is 0.306 e. The first kappa shape index (κ1) is 29.1. The highest BCUT2D eigenvalue weighted by atomic mass is 127. The molecule has 0 saturated heterocycles. The first-order valence-electron chi connectivity index (χ1n) is 10.3. The van der Waals surface area contributed by atoms with E-state index in [4.69, 9.17) is 9.47 Å². The number of hydrogen-bond acceptors (Lipinski definition) is 6. The van der Waals surface area contributed by atoms with Gasteiger partial charge in [-0.3, -0.25) is 9.79 Å². The Morgan fingerprint density at radius 2 is 1.97 bits per heavy atom. The number of carbonyl (C=O) groups is 1. The summed E-state index contributed by atoms with van der Waals surface area (Å²) < 4.78 is 10.6. The number of halogens is 1. The number of methoxy groups -OCH3 is 1. The molecular formula is C21H39IN4O3S. The lowest BCUT2D eigenvalue weighted by atomic mass is 10.1. The van der Waals surface area contributed by atoms with Gasteiger partial charge in [-0.2, -0.15) is 0 Å². The molecule has 7 nitrogen and oxygen atoms in total. The third-order valence-corrected chi connectivity index (χ3v) is 5.31. The molecule has 0 aromatic carbocycles. The molecule has 1 N–H and O–H groups in total. The summed E-state index contributed by atoms with van der Waals surface area (Å²) in [4.78, 5) is 22.7. The Hall–Kier alpha value is -0.940. The molecule has 1 atom stereocenters. The number of ether oxygens (including phenoxy) is 2. The number of esters is 1. The molecule has 0 saturated carbocycles. The molecular weight excluding hydrogens is 515 g/mol. The summed E-state index contributed by atoms with van der Waals surface area (Å²) in [5.41, 5.74) is 0.618. The van der Waals surface area contributed by atoms with Gasteiger partial charge in [-0.25, -0.2) is 4.98 Å². The molecule has 1 aromatic heterocycles. The van der Waals surface area contributed by atoms with Crippen LogP contribution in [0.2, 0.25) is 0 Å². The maximum atomic E-state index is 11.7. The summed E-state index contributed by atoms with van der Waals surface area (Å²) in [6, 6.07) is 0. The van der Waals surface area contributed by atoms with Crippen LogP contribution in [0.15, 0.2) is 10.4 Å². The largest absolute Gasteiger partial charge is 0.460 e. The number of rotatable bonds is 11. The second-order valence-corrected chi connectivity index (χ2v) is 9.03. The lowest BCUT2D eigenvalue weighted by Gasteiger charge is -2.21. The summed E-state index contributed by atoms with van der Waals surface area (Å²) in [6.45, 7) is 9.24. The van der Waals surface area contributed by atoms with Gasteiger partial charge >= 0.3 is 5.97 Å². The molecule has 1 unspecified atom stereocenters. The van der Waals surface area contributed by atoms with E-state index in [-0.39, 0.29) is 36.0 Å². The first-order valence-corrected chi connectivity index (χ1v) is 11.1. The van der Waals surface area contributed by atoms with Gasteiger partial charge in [0.25, 0.3) is 0 Å². The molecule has 0 aliphatic carbocycles. The fraction of sp³-hybridized carbons (Fsp3) is 0.762.